The molecule has 0 radical (unpaired) electrons. The Morgan fingerprint density at radius 3 is 2.86 bits per heavy atom. The van der Waals surface area contributed by atoms with Gasteiger partial charge in [0.05, 0.1) is 18.2 Å². The maximum absolute atomic E-state index is 12.4. The number of H-pyrrole nitrogens is 1. The van der Waals surface area contributed by atoms with E-state index in [0.29, 0.717) is 22.5 Å². The van der Waals surface area contributed by atoms with Crippen molar-refractivity contribution in [1.29, 1.82) is 0 Å². The van der Waals surface area contributed by atoms with E-state index in [9.17, 15) is 4.79 Å². The summed E-state index contributed by atoms with van der Waals surface area (Å²) in [6, 6.07) is 12.7. The van der Waals surface area contributed by atoms with Gasteiger partial charge in [-0.05, 0) is 31.2 Å². The smallest absolute Gasteiger partial charge is 0.257 e. The van der Waals surface area contributed by atoms with E-state index >= 15 is 0 Å². The molecule has 0 spiro atoms. The van der Waals surface area contributed by atoms with E-state index in [1.165, 1.54) is 0 Å². The minimum absolute atomic E-state index is 0.194. The van der Waals surface area contributed by atoms with Gasteiger partial charge in [-0.1, -0.05) is 12.1 Å². The van der Waals surface area contributed by atoms with Crippen molar-refractivity contribution in [3.05, 3.63) is 53.9 Å². The number of anilines is 1. The lowest BCUT2D eigenvalue weighted by atomic mass is 10.1. The summed E-state index contributed by atoms with van der Waals surface area (Å²) in [6.45, 7) is 1.86. The molecule has 1 amide bonds. The van der Waals surface area contributed by atoms with Crippen LogP contribution >= 0.6 is 0 Å². The lowest BCUT2D eigenvalue weighted by Crippen LogP contribution is -2.12. The number of hydrogen-bond donors (Lipinski definition) is 2. The number of amides is 1. The lowest BCUT2D eigenvalue weighted by Gasteiger charge is -2.07. The third kappa shape index (κ3) is 2.58. The van der Waals surface area contributed by atoms with Gasteiger partial charge in [-0.15, -0.1) is 0 Å². The van der Waals surface area contributed by atoms with Crippen LogP contribution in [0.3, 0.4) is 0 Å². The highest BCUT2D eigenvalue weighted by Crippen LogP contribution is 2.20. The van der Waals surface area contributed by atoms with Crippen LogP contribution in [0.15, 0.2) is 42.5 Å². The van der Waals surface area contributed by atoms with Gasteiger partial charge >= 0.3 is 0 Å². The molecule has 0 bridgehead atoms. The molecule has 2 N–H and O–H groups in total. The van der Waals surface area contributed by atoms with Crippen molar-refractivity contribution in [3.8, 4) is 5.75 Å². The number of aromatic nitrogens is 2. The summed E-state index contributed by atoms with van der Waals surface area (Å²) in [7, 11) is 1.59. The highest BCUT2D eigenvalue weighted by Gasteiger charge is 2.13. The van der Waals surface area contributed by atoms with Crippen molar-refractivity contribution in [2.45, 2.75) is 6.92 Å². The summed E-state index contributed by atoms with van der Waals surface area (Å²) in [5.74, 6) is 1.29. The number of ether oxygens (including phenoxy) is 1. The van der Waals surface area contributed by atoms with Gasteiger partial charge in [0.1, 0.15) is 17.1 Å². The third-order valence-corrected chi connectivity index (χ3v) is 3.20. The highest BCUT2D eigenvalue weighted by molar-refractivity contribution is 6.11. The zero-order valence-electron chi connectivity index (χ0n) is 11.8. The first-order valence-corrected chi connectivity index (χ1v) is 6.58. The number of methoxy groups -OCH3 is 1. The van der Waals surface area contributed by atoms with Crippen molar-refractivity contribution >= 4 is 22.6 Å². The Morgan fingerprint density at radius 1 is 1.24 bits per heavy atom. The zero-order valence-corrected chi connectivity index (χ0v) is 11.8. The molecule has 0 fully saturated rings. The van der Waals surface area contributed by atoms with E-state index in [4.69, 9.17) is 4.74 Å². The van der Waals surface area contributed by atoms with Crippen LogP contribution in [0.25, 0.3) is 11.0 Å². The molecule has 0 saturated heterocycles. The Balaban J connectivity index is 1.93. The minimum Gasteiger partial charge on any atom is -0.497 e. The maximum atomic E-state index is 12.4. The Kier molecular flexibility index (Phi) is 3.31. The summed E-state index contributed by atoms with van der Waals surface area (Å²) in [5.41, 5.74) is 2.75. The molecule has 0 aliphatic carbocycles. The summed E-state index contributed by atoms with van der Waals surface area (Å²) in [5, 5.41) is 2.86. The van der Waals surface area contributed by atoms with Crippen LogP contribution in [-0.4, -0.2) is 23.0 Å². The van der Waals surface area contributed by atoms with Crippen LogP contribution in [-0.2, 0) is 0 Å². The molecule has 0 aliphatic heterocycles. The number of aromatic amines is 1. The van der Waals surface area contributed by atoms with Crippen LogP contribution in [0.4, 0.5) is 5.69 Å². The van der Waals surface area contributed by atoms with E-state index in [1.54, 1.807) is 19.2 Å². The van der Waals surface area contributed by atoms with Crippen molar-refractivity contribution in [1.82, 2.24) is 9.97 Å². The number of carbonyl (C=O) groups is 1. The monoisotopic (exact) mass is 281 g/mol. The van der Waals surface area contributed by atoms with Gasteiger partial charge in [0.15, 0.2) is 0 Å². The van der Waals surface area contributed by atoms with Crippen LogP contribution in [0.1, 0.15) is 16.2 Å². The number of rotatable bonds is 3. The quantitative estimate of drug-likeness (QED) is 0.775. The van der Waals surface area contributed by atoms with Crippen molar-refractivity contribution < 1.29 is 9.53 Å². The van der Waals surface area contributed by atoms with Crippen molar-refractivity contribution in [3.63, 3.8) is 0 Å². The van der Waals surface area contributed by atoms with E-state index in [0.717, 1.165) is 11.3 Å². The Labute approximate surface area is 122 Å². The first kappa shape index (κ1) is 13.2. The van der Waals surface area contributed by atoms with Crippen LogP contribution < -0.4 is 10.1 Å². The number of carbonyl (C=O) groups excluding carboxylic acids is 1. The van der Waals surface area contributed by atoms with Gasteiger partial charge in [0.25, 0.3) is 5.91 Å². The van der Waals surface area contributed by atoms with Crippen LogP contribution in [0.2, 0.25) is 0 Å². The first-order chi connectivity index (χ1) is 10.2. The molecule has 3 rings (SSSR count). The molecule has 1 aromatic heterocycles. The summed E-state index contributed by atoms with van der Waals surface area (Å²) < 4.78 is 5.15. The van der Waals surface area contributed by atoms with Crippen LogP contribution in [0, 0.1) is 6.92 Å². The second-order valence-electron chi connectivity index (χ2n) is 4.71. The summed E-state index contributed by atoms with van der Waals surface area (Å²) in [6.07, 6.45) is 0. The van der Waals surface area contributed by atoms with Gasteiger partial charge in [-0.3, -0.25) is 4.79 Å². The lowest BCUT2D eigenvalue weighted by molar-refractivity contribution is 0.102. The number of para-hydroxylation sites is 1. The largest absolute Gasteiger partial charge is 0.497 e. The molecule has 0 atom stereocenters. The fourth-order valence-electron chi connectivity index (χ4n) is 2.24. The van der Waals surface area contributed by atoms with Crippen molar-refractivity contribution in [2.75, 3.05) is 12.4 Å². The highest BCUT2D eigenvalue weighted by atomic mass is 16.5. The predicted octanol–water partition coefficient (Wildman–Crippen LogP) is 3.13. The normalized spacial score (nSPS) is 10.6. The SMILES string of the molecule is COc1cccc(NC(=O)c2cccc3[nH]c(C)nc23)c1. The zero-order chi connectivity index (χ0) is 14.8. The molecule has 21 heavy (non-hydrogen) atoms. The molecule has 106 valence electrons. The van der Waals surface area contributed by atoms with E-state index < -0.39 is 0 Å². The van der Waals surface area contributed by atoms with E-state index in [1.807, 2.05) is 37.3 Å². The predicted molar refractivity (Wildman–Crippen MR) is 81.8 cm³/mol. The van der Waals surface area contributed by atoms with Gasteiger partial charge in [0.2, 0.25) is 0 Å². The fraction of sp³-hybridized carbons (Fsp3) is 0.125. The molecule has 5 nitrogen and oxygen atoms in total. The Hall–Kier alpha value is -2.82. The summed E-state index contributed by atoms with van der Waals surface area (Å²) in [4.78, 5) is 19.9. The molecule has 0 aliphatic rings. The minimum atomic E-state index is -0.194. The molecular weight excluding hydrogens is 266 g/mol. The molecule has 0 unspecified atom stereocenters. The van der Waals surface area contributed by atoms with Gasteiger partial charge in [0, 0.05) is 11.8 Å². The molecule has 2 aromatic carbocycles. The average Bonchev–Trinajstić information content (AvgIpc) is 2.87. The molecule has 0 saturated carbocycles. The molecular formula is C16H15N3O2. The van der Waals surface area contributed by atoms with Gasteiger partial charge < -0.3 is 15.0 Å². The number of fused-ring (bicyclic) bond motifs is 1. The topological polar surface area (TPSA) is 67.0 Å². The Morgan fingerprint density at radius 2 is 2.05 bits per heavy atom. The van der Waals surface area contributed by atoms with Gasteiger partial charge in [-0.25, -0.2) is 4.98 Å². The molecule has 1 heterocycles. The molecule has 5 heteroatoms. The van der Waals surface area contributed by atoms with Crippen LogP contribution in [0.5, 0.6) is 5.75 Å². The average molecular weight is 281 g/mol. The number of nitrogens with zero attached hydrogens (tertiary/aromatic N) is 1. The number of imidazole rings is 1. The molecule has 3 aromatic rings. The third-order valence-electron chi connectivity index (χ3n) is 3.20. The van der Waals surface area contributed by atoms with Crippen molar-refractivity contribution in [2.24, 2.45) is 0 Å². The second kappa shape index (κ2) is 5.28. The first-order valence-electron chi connectivity index (χ1n) is 6.58. The standard InChI is InChI=1S/C16H15N3O2/c1-10-17-14-8-4-7-13(15(14)18-10)16(20)19-11-5-3-6-12(9-11)21-2/h3-9H,1-2H3,(H,17,18)(H,19,20). The number of benzene rings is 2. The van der Waals surface area contributed by atoms with E-state index in [-0.39, 0.29) is 5.91 Å². The Bertz CT molecular complexity index is 808. The second-order valence-corrected chi connectivity index (χ2v) is 4.71. The van der Waals surface area contributed by atoms with Gasteiger partial charge in [-0.2, -0.15) is 0 Å². The van der Waals surface area contributed by atoms with E-state index in [2.05, 4.69) is 15.3 Å². The fourth-order valence-corrected chi connectivity index (χ4v) is 2.24. The summed E-state index contributed by atoms with van der Waals surface area (Å²) >= 11 is 0. The number of hydrogen-bond acceptors (Lipinski definition) is 3. The maximum Gasteiger partial charge on any atom is 0.257 e. The number of aryl methyl sites for hydroxylation is 1. The number of nitrogens with one attached hydrogen (secondary N) is 2.